The van der Waals surface area contributed by atoms with E-state index >= 15 is 0 Å². The second-order valence-electron chi connectivity index (χ2n) is 2.55. The third-order valence-corrected chi connectivity index (χ3v) is 1.37. The molecule has 1 aromatic rings. The van der Waals surface area contributed by atoms with Gasteiger partial charge in [0.15, 0.2) is 6.61 Å². The van der Waals surface area contributed by atoms with Crippen LogP contribution >= 0.6 is 0 Å². The number of imidazole rings is 1. The number of esters is 1. The average molecular weight is 208 g/mol. The van der Waals surface area contributed by atoms with Crippen LogP contribution in [0.4, 0.5) is 13.2 Å². The molecule has 0 N–H and O–H groups in total. The number of aromatic nitrogens is 2. The lowest BCUT2D eigenvalue weighted by atomic mass is 10.6. The Bertz CT molecular complexity index is 332. The van der Waals surface area contributed by atoms with Crippen molar-refractivity contribution in [1.82, 2.24) is 9.55 Å². The minimum absolute atomic E-state index is 0.158. The van der Waals surface area contributed by atoms with Gasteiger partial charge in [0.2, 0.25) is 5.82 Å². The molecule has 0 spiro atoms. The van der Waals surface area contributed by atoms with E-state index in [1.807, 2.05) is 0 Å². The van der Waals surface area contributed by atoms with E-state index in [-0.39, 0.29) is 5.82 Å². The Kier molecular flexibility index (Phi) is 2.78. The first kappa shape index (κ1) is 10.6. The van der Waals surface area contributed by atoms with E-state index in [1.165, 1.54) is 24.0 Å². The number of carbonyl (C=O) groups is 1. The van der Waals surface area contributed by atoms with Crippen molar-refractivity contribution in [3.63, 3.8) is 0 Å². The van der Waals surface area contributed by atoms with Crippen molar-refractivity contribution in [3.05, 3.63) is 18.2 Å². The largest absolute Gasteiger partial charge is 0.450 e. The predicted octanol–water partition coefficient (Wildman–Crippen LogP) is 1.14. The van der Waals surface area contributed by atoms with Gasteiger partial charge in [-0.1, -0.05) is 0 Å². The first-order valence-corrected chi connectivity index (χ1v) is 3.61. The number of ether oxygens (including phenoxy) is 1. The smallest absolute Gasteiger partial charge is 0.422 e. The normalized spacial score (nSPS) is 11.4. The minimum atomic E-state index is -4.51. The van der Waals surface area contributed by atoms with Gasteiger partial charge in [-0.3, -0.25) is 0 Å². The fourth-order valence-corrected chi connectivity index (χ4v) is 0.774. The van der Waals surface area contributed by atoms with Crippen LogP contribution in [-0.2, 0) is 11.8 Å². The fourth-order valence-electron chi connectivity index (χ4n) is 0.774. The molecule has 0 unspecified atom stereocenters. The van der Waals surface area contributed by atoms with E-state index in [0.29, 0.717) is 0 Å². The predicted molar refractivity (Wildman–Crippen MR) is 39.5 cm³/mol. The van der Waals surface area contributed by atoms with Crippen molar-refractivity contribution >= 4 is 5.97 Å². The zero-order valence-electron chi connectivity index (χ0n) is 7.21. The highest BCUT2D eigenvalue weighted by Gasteiger charge is 2.30. The molecule has 1 aromatic heterocycles. The summed E-state index contributed by atoms with van der Waals surface area (Å²) in [7, 11) is 1.48. The lowest BCUT2D eigenvalue weighted by Gasteiger charge is -2.06. The van der Waals surface area contributed by atoms with E-state index < -0.39 is 18.8 Å². The van der Waals surface area contributed by atoms with Crippen molar-refractivity contribution < 1.29 is 22.7 Å². The van der Waals surface area contributed by atoms with Gasteiger partial charge in [-0.15, -0.1) is 0 Å². The number of aryl methyl sites for hydroxylation is 1. The van der Waals surface area contributed by atoms with Gasteiger partial charge in [0.1, 0.15) is 0 Å². The zero-order chi connectivity index (χ0) is 10.8. The second-order valence-corrected chi connectivity index (χ2v) is 2.55. The molecule has 0 saturated carbocycles. The van der Waals surface area contributed by atoms with Gasteiger partial charge in [0.05, 0.1) is 0 Å². The molecule has 0 radical (unpaired) electrons. The first-order chi connectivity index (χ1) is 6.40. The number of hydrogen-bond donors (Lipinski definition) is 0. The molecule has 0 fully saturated rings. The van der Waals surface area contributed by atoms with Gasteiger partial charge in [-0.2, -0.15) is 13.2 Å². The third-order valence-electron chi connectivity index (χ3n) is 1.37. The van der Waals surface area contributed by atoms with Crippen LogP contribution in [0.2, 0.25) is 0 Å². The summed E-state index contributed by atoms with van der Waals surface area (Å²) in [5, 5.41) is 0. The molecule has 0 atom stereocenters. The summed E-state index contributed by atoms with van der Waals surface area (Å²) in [5.41, 5.74) is 0. The summed E-state index contributed by atoms with van der Waals surface area (Å²) >= 11 is 0. The van der Waals surface area contributed by atoms with E-state index in [1.54, 1.807) is 0 Å². The summed E-state index contributed by atoms with van der Waals surface area (Å²) in [6.07, 6.45) is -1.78. The Hall–Kier alpha value is -1.53. The molecule has 14 heavy (non-hydrogen) atoms. The van der Waals surface area contributed by atoms with Gasteiger partial charge in [0.25, 0.3) is 0 Å². The lowest BCUT2D eigenvalue weighted by molar-refractivity contribution is -0.161. The molecule has 1 rings (SSSR count). The van der Waals surface area contributed by atoms with E-state index in [0.717, 1.165) is 0 Å². The quantitative estimate of drug-likeness (QED) is 0.684. The molecule has 1 heterocycles. The van der Waals surface area contributed by atoms with Crippen LogP contribution in [0.25, 0.3) is 0 Å². The molecule has 0 saturated heterocycles. The summed E-state index contributed by atoms with van der Waals surface area (Å²) in [5.74, 6) is -1.25. The first-order valence-electron chi connectivity index (χ1n) is 3.61. The van der Waals surface area contributed by atoms with Gasteiger partial charge in [-0.25, -0.2) is 9.78 Å². The topological polar surface area (TPSA) is 44.1 Å². The summed E-state index contributed by atoms with van der Waals surface area (Å²) < 4.78 is 40.2. The summed E-state index contributed by atoms with van der Waals surface area (Å²) in [4.78, 5) is 14.5. The molecule has 0 aliphatic carbocycles. The highest BCUT2D eigenvalue weighted by molar-refractivity contribution is 5.85. The van der Waals surface area contributed by atoms with Gasteiger partial charge in [0, 0.05) is 19.4 Å². The van der Waals surface area contributed by atoms with Crippen LogP contribution in [0.15, 0.2) is 12.4 Å². The Morgan fingerprint density at radius 1 is 1.64 bits per heavy atom. The molecular formula is C7H7F3N2O2. The van der Waals surface area contributed by atoms with Gasteiger partial charge in [-0.05, 0) is 0 Å². The molecule has 78 valence electrons. The number of nitrogens with zero attached hydrogens (tertiary/aromatic N) is 2. The van der Waals surface area contributed by atoms with Crippen LogP contribution in [0.5, 0.6) is 0 Å². The summed E-state index contributed by atoms with van der Waals surface area (Å²) in [6, 6.07) is 0. The zero-order valence-corrected chi connectivity index (χ0v) is 7.21. The number of hydrogen-bond acceptors (Lipinski definition) is 3. The standard InChI is InChI=1S/C7H7F3N2O2/c1-12-3-2-11-5(12)6(13)14-4-7(8,9)10/h2-3H,4H2,1H3. The maximum atomic E-state index is 11.7. The van der Waals surface area contributed by atoms with Crippen molar-refractivity contribution in [1.29, 1.82) is 0 Å². The maximum Gasteiger partial charge on any atom is 0.422 e. The van der Waals surface area contributed by atoms with E-state index in [2.05, 4.69) is 9.72 Å². The van der Waals surface area contributed by atoms with E-state index in [4.69, 9.17) is 0 Å². The number of carbonyl (C=O) groups excluding carboxylic acids is 1. The Morgan fingerprint density at radius 3 is 2.71 bits per heavy atom. The number of alkyl halides is 3. The molecule has 0 aliphatic rings. The van der Waals surface area contributed by atoms with Crippen molar-refractivity contribution in [2.75, 3.05) is 6.61 Å². The van der Waals surface area contributed by atoms with Crippen LogP contribution in [0, 0.1) is 0 Å². The fraction of sp³-hybridized carbons (Fsp3) is 0.429. The lowest BCUT2D eigenvalue weighted by Crippen LogP contribution is -2.21. The Morgan fingerprint density at radius 2 is 2.29 bits per heavy atom. The highest BCUT2D eigenvalue weighted by atomic mass is 19.4. The molecule has 7 heteroatoms. The minimum Gasteiger partial charge on any atom is -0.450 e. The molecule has 4 nitrogen and oxygen atoms in total. The van der Waals surface area contributed by atoms with Crippen molar-refractivity contribution in [2.45, 2.75) is 6.18 Å². The third kappa shape index (κ3) is 2.75. The van der Waals surface area contributed by atoms with Crippen LogP contribution < -0.4 is 0 Å². The molecular weight excluding hydrogens is 201 g/mol. The average Bonchev–Trinajstić information content (AvgIpc) is 2.46. The van der Waals surface area contributed by atoms with E-state index in [9.17, 15) is 18.0 Å². The Labute approximate surface area is 77.3 Å². The Balaban J connectivity index is 2.56. The highest BCUT2D eigenvalue weighted by Crippen LogP contribution is 2.15. The van der Waals surface area contributed by atoms with Gasteiger partial charge >= 0.3 is 12.1 Å². The van der Waals surface area contributed by atoms with Crippen molar-refractivity contribution in [3.8, 4) is 0 Å². The molecule has 0 aliphatic heterocycles. The van der Waals surface area contributed by atoms with Crippen LogP contribution in [-0.4, -0.2) is 28.3 Å². The monoisotopic (exact) mass is 208 g/mol. The maximum absolute atomic E-state index is 11.7. The molecule has 0 bridgehead atoms. The van der Waals surface area contributed by atoms with Crippen LogP contribution in [0.3, 0.4) is 0 Å². The number of rotatable bonds is 2. The molecule has 0 aromatic carbocycles. The second kappa shape index (κ2) is 3.69. The number of halogens is 3. The molecule has 0 amide bonds. The summed E-state index contributed by atoms with van der Waals surface area (Å²) in [6.45, 7) is -1.60. The van der Waals surface area contributed by atoms with Gasteiger partial charge < -0.3 is 9.30 Å². The SMILES string of the molecule is Cn1ccnc1C(=O)OCC(F)(F)F. The van der Waals surface area contributed by atoms with Crippen LogP contribution in [0.1, 0.15) is 10.6 Å². The van der Waals surface area contributed by atoms with Crippen molar-refractivity contribution in [2.24, 2.45) is 7.05 Å².